The fraction of sp³-hybridized carbons (Fsp3) is 0.611. The molecule has 0 saturated carbocycles. The Hall–Kier alpha value is -2.15. The maximum absolute atomic E-state index is 12.8. The molecular formula is C18H27N5O2. The first-order valence-electron chi connectivity index (χ1n) is 8.76. The number of likely N-dealkylation sites (tertiary alicyclic amines) is 1. The van der Waals surface area contributed by atoms with E-state index in [4.69, 9.17) is 4.42 Å². The number of rotatable bonds is 4. The number of oxazole rings is 1. The molecule has 1 aliphatic heterocycles. The second-order valence-corrected chi connectivity index (χ2v) is 7.04. The van der Waals surface area contributed by atoms with Crippen molar-refractivity contribution in [2.24, 2.45) is 13.0 Å². The van der Waals surface area contributed by atoms with Crippen LogP contribution in [-0.4, -0.2) is 57.7 Å². The van der Waals surface area contributed by atoms with Crippen molar-refractivity contribution >= 4 is 5.91 Å². The molecule has 7 nitrogen and oxygen atoms in total. The fourth-order valence-corrected chi connectivity index (χ4v) is 3.93. The summed E-state index contributed by atoms with van der Waals surface area (Å²) >= 11 is 0. The number of carbonyl (C=O) groups is 1. The van der Waals surface area contributed by atoms with Gasteiger partial charge in [0.25, 0.3) is 5.91 Å². The average Bonchev–Trinajstić information content (AvgIpc) is 3.12. The van der Waals surface area contributed by atoms with E-state index >= 15 is 0 Å². The molecule has 0 aromatic carbocycles. The SMILES string of the molecule is Cc1nc(C)c(C(=O)N(C)C[C@@H]2CCCN(C)[C@H]2c2ccnn2C)o1. The first kappa shape index (κ1) is 17.7. The van der Waals surface area contributed by atoms with Crippen LogP contribution in [0.1, 0.15) is 46.7 Å². The lowest BCUT2D eigenvalue weighted by Gasteiger charge is -2.40. The quantitative estimate of drug-likeness (QED) is 0.850. The monoisotopic (exact) mass is 345 g/mol. The van der Waals surface area contributed by atoms with Gasteiger partial charge in [0.2, 0.25) is 5.76 Å². The Labute approximate surface area is 148 Å². The lowest BCUT2D eigenvalue weighted by Crippen LogP contribution is -2.43. The van der Waals surface area contributed by atoms with Crippen LogP contribution in [0, 0.1) is 19.8 Å². The molecule has 7 heteroatoms. The van der Waals surface area contributed by atoms with Crippen molar-refractivity contribution in [1.29, 1.82) is 0 Å². The molecule has 2 aromatic heterocycles. The summed E-state index contributed by atoms with van der Waals surface area (Å²) in [7, 11) is 5.97. The van der Waals surface area contributed by atoms with Crippen molar-refractivity contribution in [2.75, 3.05) is 27.2 Å². The molecule has 0 unspecified atom stereocenters. The number of hydrogen-bond acceptors (Lipinski definition) is 5. The van der Waals surface area contributed by atoms with Crippen LogP contribution in [0.4, 0.5) is 0 Å². The third kappa shape index (κ3) is 3.46. The van der Waals surface area contributed by atoms with Crippen LogP contribution >= 0.6 is 0 Å². The van der Waals surface area contributed by atoms with Gasteiger partial charge in [-0.25, -0.2) is 4.98 Å². The van der Waals surface area contributed by atoms with E-state index in [1.54, 1.807) is 11.8 Å². The minimum Gasteiger partial charge on any atom is -0.436 e. The molecule has 2 atom stereocenters. The van der Waals surface area contributed by atoms with Gasteiger partial charge in [-0.3, -0.25) is 14.4 Å². The largest absolute Gasteiger partial charge is 0.436 e. The molecule has 1 amide bonds. The molecule has 3 rings (SSSR count). The summed E-state index contributed by atoms with van der Waals surface area (Å²) in [6.07, 6.45) is 4.06. The van der Waals surface area contributed by atoms with Crippen LogP contribution < -0.4 is 0 Å². The number of aromatic nitrogens is 3. The molecule has 136 valence electrons. The Morgan fingerprint density at radius 3 is 2.76 bits per heavy atom. The lowest BCUT2D eigenvalue weighted by molar-refractivity contribution is 0.0604. The number of carbonyl (C=O) groups excluding carboxylic acids is 1. The number of aryl methyl sites for hydroxylation is 3. The number of nitrogens with zero attached hydrogens (tertiary/aromatic N) is 5. The van der Waals surface area contributed by atoms with E-state index in [0.29, 0.717) is 29.8 Å². The normalized spacial score (nSPS) is 21.5. The summed E-state index contributed by atoms with van der Waals surface area (Å²) in [5.74, 6) is 1.13. The predicted molar refractivity (Wildman–Crippen MR) is 94.2 cm³/mol. The van der Waals surface area contributed by atoms with Gasteiger partial charge in [0.15, 0.2) is 5.89 Å². The summed E-state index contributed by atoms with van der Waals surface area (Å²) in [6.45, 7) is 5.31. The van der Waals surface area contributed by atoms with Crippen molar-refractivity contribution in [3.63, 3.8) is 0 Å². The van der Waals surface area contributed by atoms with Crippen molar-refractivity contribution < 1.29 is 9.21 Å². The lowest BCUT2D eigenvalue weighted by atomic mass is 9.87. The molecular weight excluding hydrogens is 318 g/mol. The first-order valence-corrected chi connectivity index (χ1v) is 8.76. The Kier molecular flexibility index (Phi) is 4.94. The molecule has 0 aliphatic carbocycles. The topological polar surface area (TPSA) is 67.4 Å². The van der Waals surface area contributed by atoms with Crippen LogP contribution in [0.5, 0.6) is 0 Å². The number of hydrogen-bond donors (Lipinski definition) is 0. The third-order valence-corrected chi connectivity index (χ3v) is 5.12. The van der Waals surface area contributed by atoms with Gasteiger partial charge < -0.3 is 9.32 Å². The first-order chi connectivity index (χ1) is 11.9. The Bertz CT molecular complexity index is 750. The van der Waals surface area contributed by atoms with E-state index in [9.17, 15) is 4.79 Å². The molecule has 25 heavy (non-hydrogen) atoms. The van der Waals surface area contributed by atoms with E-state index in [2.05, 4.69) is 28.1 Å². The highest BCUT2D eigenvalue weighted by Crippen LogP contribution is 2.35. The predicted octanol–water partition coefficient (Wildman–Crippen LogP) is 2.18. The Balaban J connectivity index is 1.78. The summed E-state index contributed by atoms with van der Waals surface area (Å²) in [5, 5.41) is 4.32. The maximum Gasteiger partial charge on any atom is 0.291 e. The van der Waals surface area contributed by atoms with Gasteiger partial charge in [-0.05, 0) is 45.3 Å². The highest BCUT2D eigenvalue weighted by molar-refractivity contribution is 5.92. The smallest absolute Gasteiger partial charge is 0.291 e. The maximum atomic E-state index is 12.8. The molecule has 1 saturated heterocycles. The van der Waals surface area contributed by atoms with Crippen molar-refractivity contribution in [3.05, 3.63) is 35.3 Å². The Morgan fingerprint density at radius 1 is 1.40 bits per heavy atom. The molecule has 0 N–H and O–H groups in total. The van der Waals surface area contributed by atoms with E-state index in [-0.39, 0.29) is 11.9 Å². The van der Waals surface area contributed by atoms with Crippen molar-refractivity contribution in [3.8, 4) is 0 Å². The zero-order chi connectivity index (χ0) is 18.1. The Morgan fingerprint density at radius 2 is 2.16 bits per heavy atom. The molecule has 2 aromatic rings. The van der Waals surface area contributed by atoms with Gasteiger partial charge in [-0.2, -0.15) is 5.10 Å². The van der Waals surface area contributed by atoms with Crippen LogP contribution in [0.25, 0.3) is 0 Å². The average molecular weight is 345 g/mol. The molecule has 1 fully saturated rings. The van der Waals surface area contributed by atoms with Crippen LogP contribution in [0.15, 0.2) is 16.7 Å². The minimum atomic E-state index is -0.102. The van der Waals surface area contributed by atoms with Gasteiger partial charge in [0.05, 0.1) is 17.4 Å². The molecule has 0 bridgehead atoms. The summed E-state index contributed by atoms with van der Waals surface area (Å²) < 4.78 is 7.43. The summed E-state index contributed by atoms with van der Waals surface area (Å²) in [4.78, 5) is 21.1. The zero-order valence-electron chi connectivity index (χ0n) is 15.7. The summed E-state index contributed by atoms with van der Waals surface area (Å²) in [6, 6.07) is 2.33. The van der Waals surface area contributed by atoms with Gasteiger partial charge in [0, 0.05) is 33.8 Å². The van der Waals surface area contributed by atoms with Crippen LogP contribution in [0.2, 0.25) is 0 Å². The van der Waals surface area contributed by atoms with Gasteiger partial charge in [-0.1, -0.05) is 0 Å². The molecule has 0 radical (unpaired) electrons. The van der Waals surface area contributed by atoms with E-state index < -0.39 is 0 Å². The van der Waals surface area contributed by atoms with E-state index in [0.717, 1.165) is 19.4 Å². The van der Waals surface area contributed by atoms with E-state index in [1.165, 1.54) is 5.69 Å². The van der Waals surface area contributed by atoms with E-state index in [1.807, 2.05) is 31.9 Å². The van der Waals surface area contributed by atoms with Crippen molar-refractivity contribution in [2.45, 2.75) is 32.7 Å². The van der Waals surface area contributed by atoms with Gasteiger partial charge in [0.1, 0.15) is 0 Å². The zero-order valence-corrected chi connectivity index (χ0v) is 15.7. The molecule has 1 aliphatic rings. The van der Waals surface area contributed by atoms with Crippen molar-refractivity contribution in [1.82, 2.24) is 24.6 Å². The highest BCUT2D eigenvalue weighted by atomic mass is 16.4. The third-order valence-electron chi connectivity index (χ3n) is 5.12. The van der Waals surface area contributed by atoms with Crippen LogP contribution in [0.3, 0.4) is 0 Å². The van der Waals surface area contributed by atoms with Gasteiger partial charge >= 0.3 is 0 Å². The highest BCUT2D eigenvalue weighted by Gasteiger charge is 2.34. The standard InChI is InChI=1S/C18H27N5O2/c1-12-17(25-13(2)20-12)18(24)22(4)11-14-7-6-10-21(3)16(14)15-8-9-19-23(15)5/h8-9,14,16H,6-7,10-11H2,1-5H3/t14-,16+/m0/s1. The second-order valence-electron chi connectivity index (χ2n) is 7.04. The summed E-state index contributed by atoms with van der Waals surface area (Å²) in [5.41, 5.74) is 1.85. The number of amides is 1. The molecule has 3 heterocycles. The van der Waals surface area contributed by atoms with Gasteiger partial charge in [-0.15, -0.1) is 0 Å². The molecule has 0 spiro atoms. The number of piperidine rings is 1. The second kappa shape index (κ2) is 7.00. The fourth-order valence-electron chi connectivity index (χ4n) is 3.93. The minimum absolute atomic E-state index is 0.102. The van der Waals surface area contributed by atoms with Crippen LogP contribution in [-0.2, 0) is 7.05 Å².